The number of allylic oxidation sites excluding steroid dienone is 11. The predicted molar refractivity (Wildman–Crippen MR) is 149 cm³/mol. The zero-order valence-electron chi connectivity index (χ0n) is 19.0. The highest BCUT2D eigenvalue weighted by Crippen LogP contribution is 2.30. The van der Waals surface area contributed by atoms with Gasteiger partial charge in [0, 0.05) is 17.5 Å². The molecule has 0 aliphatic heterocycles. The van der Waals surface area contributed by atoms with Gasteiger partial charge in [0.25, 0.3) is 0 Å². The number of thiol groups is 1. The van der Waals surface area contributed by atoms with Gasteiger partial charge >= 0.3 is 0 Å². The molecule has 0 atom stereocenters. The normalized spacial score (nSPS) is 14.2. The standard InChI is InChI=1S/C30H30N2S/c1-22-10-9-13-26(18-22)23(2)19-27(16-17-33)24(3)20-28(21-31)32-30-15-8-7-14-29(30)25-11-5-4-6-12-25/h4-5,7-11,13-21,31-33H,2-3,6,12H2,1H3/b17-16-,27-19+,28-20+,31-21?. The Labute approximate surface area is 203 Å². The molecule has 1 aliphatic carbocycles. The van der Waals surface area contributed by atoms with E-state index in [-0.39, 0.29) is 0 Å². The number of benzene rings is 2. The minimum atomic E-state index is 0.652. The third kappa shape index (κ3) is 6.71. The molecule has 0 bridgehead atoms. The Balaban J connectivity index is 1.87. The third-order valence-corrected chi connectivity index (χ3v) is 5.54. The summed E-state index contributed by atoms with van der Waals surface area (Å²) < 4.78 is 0. The van der Waals surface area contributed by atoms with Gasteiger partial charge < -0.3 is 10.7 Å². The second kappa shape index (κ2) is 11.9. The SMILES string of the molecule is C=C(/C=C(\C=N)Nc1ccccc1C1=CC=CCC1)C(/C=C\S)=C/C(=C)c1cccc(C)c1. The Morgan fingerprint density at radius 3 is 2.61 bits per heavy atom. The Morgan fingerprint density at radius 1 is 1.09 bits per heavy atom. The van der Waals surface area contributed by atoms with Crippen LogP contribution in [0.2, 0.25) is 0 Å². The van der Waals surface area contributed by atoms with E-state index >= 15 is 0 Å². The second-order valence-corrected chi connectivity index (χ2v) is 8.21. The molecule has 2 N–H and O–H groups in total. The number of nitrogens with one attached hydrogen (secondary N) is 2. The van der Waals surface area contributed by atoms with E-state index in [1.807, 2.05) is 48.6 Å². The van der Waals surface area contributed by atoms with Crippen molar-refractivity contribution >= 4 is 35.7 Å². The van der Waals surface area contributed by atoms with E-state index in [1.165, 1.54) is 17.4 Å². The number of para-hydroxylation sites is 1. The van der Waals surface area contributed by atoms with Gasteiger partial charge in [0.15, 0.2) is 0 Å². The molecule has 33 heavy (non-hydrogen) atoms. The average molecular weight is 451 g/mol. The van der Waals surface area contributed by atoms with Crippen molar-refractivity contribution in [3.8, 4) is 0 Å². The molecule has 0 heterocycles. The maximum Gasteiger partial charge on any atom is 0.0569 e. The minimum Gasteiger partial charge on any atom is -0.354 e. The van der Waals surface area contributed by atoms with Gasteiger partial charge in [0.05, 0.1) is 5.70 Å². The molecule has 0 fully saturated rings. The predicted octanol–water partition coefficient (Wildman–Crippen LogP) is 8.31. The van der Waals surface area contributed by atoms with E-state index in [2.05, 4.69) is 74.5 Å². The van der Waals surface area contributed by atoms with E-state index in [9.17, 15) is 0 Å². The quantitative estimate of drug-likeness (QED) is 0.200. The molecule has 0 spiro atoms. The van der Waals surface area contributed by atoms with Gasteiger partial charge in [-0.25, -0.2) is 0 Å². The molecule has 0 unspecified atom stereocenters. The van der Waals surface area contributed by atoms with Crippen molar-refractivity contribution in [2.24, 2.45) is 0 Å². The molecule has 0 saturated heterocycles. The van der Waals surface area contributed by atoms with Gasteiger partial charge in [-0.2, -0.15) is 12.6 Å². The van der Waals surface area contributed by atoms with Gasteiger partial charge in [-0.3, -0.25) is 0 Å². The monoisotopic (exact) mass is 450 g/mol. The first-order valence-corrected chi connectivity index (χ1v) is 11.5. The van der Waals surface area contributed by atoms with Crippen molar-refractivity contribution in [1.82, 2.24) is 0 Å². The first-order chi connectivity index (χ1) is 16.0. The minimum absolute atomic E-state index is 0.652. The summed E-state index contributed by atoms with van der Waals surface area (Å²) in [5.74, 6) is 0. The number of hydrogen-bond acceptors (Lipinski definition) is 3. The van der Waals surface area contributed by atoms with Gasteiger partial charge in [-0.1, -0.05) is 79.4 Å². The molecule has 0 saturated carbocycles. The van der Waals surface area contributed by atoms with E-state index in [0.29, 0.717) is 5.70 Å². The lowest BCUT2D eigenvalue weighted by atomic mass is 9.96. The molecule has 3 rings (SSSR count). The fourth-order valence-electron chi connectivity index (χ4n) is 3.68. The van der Waals surface area contributed by atoms with Crippen LogP contribution in [0.5, 0.6) is 0 Å². The molecule has 0 amide bonds. The van der Waals surface area contributed by atoms with Crippen LogP contribution in [0.15, 0.2) is 120 Å². The van der Waals surface area contributed by atoms with Gasteiger partial charge in [-0.15, -0.1) is 0 Å². The van der Waals surface area contributed by atoms with Crippen molar-refractivity contribution in [2.75, 3.05) is 5.32 Å². The zero-order chi connectivity index (χ0) is 23.6. The molecule has 3 heteroatoms. The lowest BCUT2D eigenvalue weighted by Gasteiger charge is -2.16. The highest BCUT2D eigenvalue weighted by Gasteiger charge is 2.10. The van der Waals surface area contributed by atoms with Gasteiger partial charge in [-0.05, 0) is 77.3 Å². The molecule has 2 aromatic rings. The molecular weight excluding hydrogens is 420 g/mol. The molecule has 2 aromatic carbocycles. The van der Waals surface area contributed by atoms with Crippen LogP contribution in [0.1, 0.15) is 29.5 Å². The van der Waals surface area contributed by atoms with Crippen LogP contribution < -0.4 is 5.32 Å². The van der Waals surface area contributed by atoms with Crippen molar-refractivity contribution in [3.05, 3.63) is 137 Å². The Bertz CT molecular complexity index is 1210. The Kier molecular flexibility index (Phi) is 8.68. The second-order valence-electron chi connectivity index (χ2n) is 7.91. The largest absolute Gasteiger partial charge is 0.354 e. The lowest BCUT2D eigenvalue weighted by molar-refractivity contribution is 1.05. The molecule has 166 valence electrons. The molecular formula is C30H30N2S. The molecule has 2 nitrogen and oxygen atoms in total. The van der Waals surface area contributed by atoms with E-state index in [0.717, 1.165) is 46.4 Å². The molecule has 1 aliphatic rings. The first-order valence-electron chi connectivity index (χ1n) is 10.9. The highest BCUT2D eigenvalue weighted by atomic mass is 32.1. The summed E-state index contributed by atoms with van der Waals surface area (Å²) in [5, 5.41) is 13.1. The number of aryl methyl sites for hydroxylation is 1. The van der Waals surface area contributed by atoms with E-state index in [4.69, 9.17) is 5.41 Å². The van der Waals surface area contributed by atoms with Crippen LogP contribution in [-0.4, -0.2) is 6.21 Å². The van der Waals surface area contributed by atoms with E-state index < -0.39 is 0 Å². The Hall–Kier alpha value is -3.56. The summed E-state index contributed by atoms with van der Waals surface area (Å²) in [6.45, 7) is 10.5. The molecule has 0 aromatic heterocycles. The van der Waals surface area contributed by atoms with Crippen LogP contribution in [0.25, 0.3) is 11.1 Å². The summed E-state index contributed by atoms with van der Waals surface area (Å²) in [6.07, 6.45) is 15.6. The molecule has 0 radical (unpaired) electrons. The van der Waals surface area contributed by atoms with Crippen LogP contribution in [0.4, 0.5) is 5.69 Å². The van der Waals surface area contributed by atoms with Crippen molar-refractivity contribution in [2.45, 2.75) is 19.8 Å². The average Bonchev–Trinajstić information content (AvgIpc) is 2.84. The van der Waals surface area contributed by atoms with Gasteiger partial charge in [0.1, 0.15) is 0 Å². The third-order valence-electron chi connectivity index (χ3n) is 5.39. The van der Waals surface area contributed by atoms with Crippen LogP contribution in [-0.2, 0) is 0 Å². The zero-order valence-corrected chi connectivity index (χ0v) is 19.9. The maximum absolute atomic E-state index is 7.97. The fourth-order valence-corrected chi connectivity index (χ4v) is 3.84. The number of rotatable bonds is 9. The van der Waals surface area contributed by atoms with Crippen molar-refractivity contribution < 1.29 is 0 Å². The number of hydrogen-bond donors (Lipinski definition) is 3. The van der Waals surface area contributed by atoms with Crippen LogP contribution in [0, 0.1) is 12.3 Å². The summed E-state index contributed by atoms with van der Waals surface area (Å²) in [4.78, 5) is 0. The summed E-state index contributed by atoms with van der Waals surface area (Å²) >= 11 is 4.26. The topological polar surface area (TPSA) is 35.9 Å². The Morgan fingerprint density at radius 2 is 1.91 bits per heavy atom. The highest BCUT2D eigenvalue weighted by molar-refractivity contribution is 7.83. The van der Waals surface area contributed by atoms with Gasteiger partial charge in [0.2, 0.25) is 0 Å². The van der Waals surface area contributed by atoms with Crippen LogP contribution in [0.3, 0.4) is 0 Å². The number of anilines is 1. The smallest absolute Gasteiger partial charge is 0.0569 e. The summed E-state index contributed by atoms with van der Waals surface area (Å²) in [6, 6.07) is 16.4. The summed E-state index contributed by atoms with van der Waals surface area (Å²) in [7, 11) is 0. The van der Waals surface area contributed by atoms with E-state index in [1.54, 1.807) is 5.41 Å². The van der Waals surface area contributed by atoms with Crippen molar-refractivity contribution in [1.29, 1.82) is 5.41 Å². The van der Waals surface area contributed by atoms with Crippen LogP contribution >= 0.6 is 12.6 Å². The maximum atomic E-state index is 7.97. The fraction of sp³-hybridized carbons (Fsp3) is 0.100. The summed E-state index contributed by atoms with van der Waals surface area (Å²) in [5.41, 5.74) is 8.84. The van der Waals surface area contributed by atoms with Crippen molar-refractivity contribution in [3.63, 3.8) is 0 Å². The first kappa shape index (κ1) is 24.1. The lowest BCUT2D eigenvalue weighted by Crippen LogP contribution is -2.04.